The number of rotatable bonds is 8. The van der Waals surface area contributed by atoms with Crippen LogP contribution in [-0.4, -0.2) is 31.3 Å². The Hall–Kier alpha value is -1.56. The Morgan fingerprint density at radius 1 is 1.32 bits per heavy atom. The standard InChI is InChI=1S/C13H23N3O3/c1-9(15-8-11(17)13(2,3)4)10(14-5)6-7-12(18)16-19/h10,14-15H,1,6-8H2,2-5H3. The van der Waals surface area contributed by atoms with E-state index in [0.717, 1.165) is 0 Å². The van der Waals surface area contributed by atoms with Crippen molar-refractivity contribution in [1.82, 2.24) is 10.6 Å². The number of nitroso groups, excluding NO2 is 1. The van der Waals surface area contributed by atoms with Crippen molar-refractivity contribution in [2.24, 2.45) is 10.6 Å². The first-order valence-corrected chi connectivity index (χ1v) is 6.21. The summed E-state index contributed by atoms with van der Waals surface area (Å²) in [6.07, 6.45) is 0.472. The van der Waals surface area contributed by atoms with E-state index in [9.17, 15) is 14.5 Å². The second-order valence-corrected chi connectivity index (χ2v) is 5.42. The Bertz CT molecular complexity index is 359. The van der Waals surface area contributed by atoms with Crippen LogP contribution in [0.4, 0.5) is 0 Å². The summed E-state index contributed by atoms with van der Waals surface area (Å²) in [7, 11) is 1.72. The first kappa shape index (κ1) is 17.4. The lowest BCUT2D eigenvalue weighted by atomic mass is 9.91. The molecule has 0 aromatic rings. The quantitative estimate of drug-likeness (QED) is 0.650. The lowest BCUT2D eigenvalue weighted by Crippen LogP contribution is -2.38. The van der Waals surface area contributed by atoms with E-state index < -0.39 is 11.3 Å². The summed E-state index contributed by atoms with van der Waals surface area (Å²) in [6.45, 7) is 9.59. The number of hydrogen-bond donors (Lipinski definition) is 2. The van der Waals surface area contributed by atoms with Crippen molar-refractivity contribution in [2.45, 2.75) is 39.7 Å². The van der Waals surface area contributed by atoms with Gasteiger partial charge in [-0.1, -0.05) is 27.4 Å². The second kappa shape index (κ2) is 7.78. The van der Waals surface area contributed by atoms with Crippen molar-refractivity contribution in [1.29, 1.82) is 0 Å². The Kier molecular flexibility index (Phi) is 7.14. The molecule has 1 amide bonds. The zero-order valence-corrected chi connectivity index (χ0v) is 12.1. The Balaban J connectivity index is 4.26. The van der Waals surface area contributed by atoms with Crippen molar-refractivity contribution >= 4 is 11.7 Å². The van der Waals surface area contributed by atoms with E-state index in [4.69, 9.17) is 0 Å². The van der Waals surface area contributed by atoms with E-state index in [1.165, 1.54) is 0 Å². The molecule has 0 aliphatic rings. The highest BCUT2D eigenvalue weighted by Gasteiger charge is 2.21. The van der Waals surface area contributed by atoms with Gasteiger partial charge in [-0.25, -0.2) is 0 Å². The van der Waals surface area contributed by atoms with Crippen LogP contribution >= 0.6 is 0 Å². The van der Waals surface area contributed by atoms with Crippen LogP contribution in [0.3, 0.4) is 0 Å². The lowest BCUT2D eigenvalue weighted by Gasteiger charge is -2.22. The van der Waals surface area contributed by atoms with Gasteiger partial charge < -0.3 is 10.6 Å². The summed E-state index contributed by atoms with van der Waals surface area (Å²) in [5.74, 6) is -0.604. The average molecular weight is 269 g/mol. The summed E-state index contributed by atoms with van der Waals surface area (Å²) in [5.41, 5.74) is 0.221. The molecule has 1 atom stereocenters. The summed E-state index contributed by atoms with van der Waals surface area (Å²) in [5, 5.41) is 8.27. The molecule has 0 bridgehead atoms. The van der Waals surface area contributed by atoms with Gasteiger partial charge in [-0.3, -0.25) is 9.59 Å². The Morgan fingerprint density at radius 2 is 1.89 bits per heavy atom. The number of likely N-dealkylation sites (N-methyl/N-ethyl adjacent to an activating group) is 1. The lowest BCUT2D eigenvalue weighted by molar-refractivity contribution is -0.125. The molecule has 108 valence electrons. The molecular weight excluding hydrogens is 246 g/mol. The molecule has 2 N–H and O–H groups in total. The van der Waals surface area contributed by atoms with E-state index in [2.05, 4.69) is 22.4 Å². The van der Waals surface area contributed by atoms with Crippen molar-refractivity contribution in [3.8, 4) is 0 Å². The number of carbonyl (C=O) groups is 2. The molecule has 0 aromatic heterocycles. The average Bonchev–Trinajstić information content (AvgIpc) is 2.34. The molecule has 0 heterocycles. The fourth-order valence-electron chi connectivity index (χ4n) is 1.39. The Morgan fingerprint density at radius 3 is 2.32 bits per heavy atom. The maximum absolute atomic E-state index is 11.8. The van der Waals surface area contributed by atoms with Gasteiger partial charge in [0.15, 0.2) is 5.78 Å². The topological polar surface area (TPSA) is 87.6 Å². The minimum absolute atomic E-state index is 0.0585. The fraction of sp³-hybridized carbons (Fsp3) is 0.692. The summed E-state index contributed by atoms with van der Waals surface area (Å²) in [4.78, 5) is 32.6. The van der Waals surface area contributed by atoms with Gasteiger partial charge in [-0.05, 0) is 13.5 Å². The number of nitrogens with zero attached hydrogens (tertiary/aromatic N) is 1. The van der Waals surface area contributed by atoms with Gasteiger partial charge in [-0.2, -0.15) is 0 Å². The number of hydrogen-bond acceptors (Lipinski definition) is 5. The monoisotopic (exact) mass is 269 g/mol. The van der Waals surface area contributed by atoms with Crippen LogP contribution in [0.25, 0.3) is 0 Å². The molecule has 1 unspecified atom stereocenters. The van der Waals surface area contributed by atoms with Crippen LogP contribution in [0.2, 0.25) is 0 Å². The first-order valence-electron chi connectivity index (χ1n) is 6.21. The smallest absolute Gasteiger partial charge is 0.286 e. The maximum Gasteiger partial charge on any atom is 0.286 e. The summed E-state index contributed by atoms with van der Waals surface area (Å²) < 4.78 is 0. The van der Waals surface area contributed by atoms with Crippen LogP contribution < -0.4 is 10.6 Å². The van der Waals surface area contributed by atoms with Gasteiger partial charge in [0.05, 0.1) is 6.54 Å². The molecule has 19 heavy (non-hydrogen) atoms. The molecule has 0 spiro atoms. The summed E-state index contributed by atoms with van der Waals surface area (Å²) >= 11 is 0. The maximum atomic E-state index is 11.8. The normalized spacial score (nSPS) is 12.6. The SMILES string of the molecule is C=C(NCC(=O)C(C)(C)C)C(CCC(=O)N=O)NC. The second-order valence-electron chi connectivity index (χ2n) is 5.42. The number of amides is 1. The fourth-order valence-corrected chi connectivity index (χ4v) is 1.39. The largest absolute Gasteiger partial charge is 0.380 e. The Labute approximate surface area is 114 Å². The van der Waals surface area contributed by atoms with Crippen LogP contribution in [-0.2, 0) is 9.59 Å². The van der Waals surface area contributed by atoms with Gasteiger partial charge in [0.2, 0.25) is 0 Å². The molecule has 0 aliphatic carbocycles. The third-order valence-electron chi connectivity index (χ3n) is 2.83. The highest BCUT2D eigenvalue weighted by atomic mass is 16.3. The van der Waals surface area contributed by atoms with Crippen LogP contribution in [0.15, 0.2) is 17.5 Å². The number of nitrogens with one attached hydrogen (secondary N) is 2. The third-order valence-corrected chi connectivity index (χ3v) is 2.83. The van der Waals surface area contributed by atoms with E-state index in [0.29, 0.717) is 12.1 Å². The van der Waals surface area contributed by atoms with Gasteiger partial charge in [-0.15, -0.1) is 4.91 Å². The molecule has 0 aliphatic heterocycles. The molecule has 6 heteroatoms. The van der Waals surface area contributed by atoms with Gasteiger partial charge in [0.25, 0.3) is 5.91 Å². The van der Waals surface area contributed by atoms with Crippen LogP contribution in [0.5, 0.6) is 0 Å². The predicted octanol–water partition coefficient (Wildman–Crippen LogP) is 1.37. The van der Waals surface area contributed by atoms with Crippen molar-refractivity contribution in [2.75, 3.05) is 13.6 Å². The molecule has 0 aromatic carbocycles. The third kappa shape index (κ3) is 6.81. The molecule has 0 fully saturated rings. The van der Waals surface area contributed by atoms with E-state index >= 15 is 0 Å². The number of ketones is 1. The zero-order chi connectivity index (χ0) is 15.1. The molecular formula is C13H23N3O3. The first-order chi connectivity index (χ1) is 8.72. The van der Waals surface area contributed by atoms with Crippen LogP contribution in [0.1, 0.15) is 33.6 Å². The van der Waals surface area contributed by atoms with Crippen molar-refractivity contribution in [3.63, 3.8) is 0 Å². The van der Waals surface area contributed by atoms with E-state index in [-0.39, 0.29) is 24.8 Å². The molecule has 0 radical (unpaired) electrons. The number of Topliss-reactive ketones (excluding diaryl/α,β-unsaturated/α-hetero) is 1. The molecule has 0 saturated heterocycles. The predicted molar refractivity (Wildman–Crippen MR) is 74.5 cm³/mol. The van der Waals surface area contributed by atoms with Gasteiger partial charge in [0.1, 0.15) is 0 Å². The van der Waals surface area contributed by atoms with Gasteiger partial charge >= 0.3 is 0 Å². The zero-order valence-electron chi connectivity index (χ0n) is 12.1. The highest BCUT2D eigenvalue weighted by Crippen LogP contribution is 2.14. The van der Waals surface area contributed by atoms with Crippen molar-refractivity contribution in [3.05, 3.63) is 17.2 Å². The molecule has 0 saturated carbocycles. The number of carbonyl (C=O) groups excluding carboxylic acids is 2. The minimum Gasteiger partial charge on any atom is -0.380 e. The summed E-state index contributed by atoms with van der Waals surface area (Å²) in [6, 6.07) is -0.182. The van der Waals surface area contributed by atoms with Crippen LogP contribution in [0, 0.1) is 10.3 Å². The highest BCUT2D eigenvalue weighted by molar-refractivity contribution is 5.85. The van der Waals surface area contributed by atoms with Crippen molar-refractivity contribution < 1.29 is 9.59 Å². The van der Waals surface area contributed by atoms with E-state index in [1.807, 2.05) is 20.8 Å². The minimum atomic E-state index is -0.682. The molecule has 0 rings (SSSR count). The van der Waals surface area contributed by atoms with Gasteiger partial charge in [0, 0.05) is 28.8 Å². The van der Waals surface area contributed by atoms with E-state index in [1.54, 1.807) is 7.05 Å². The molecule has 6 nitrogen and oxygen atoms in total.